The molecule has 0 aliphatic rings. The number of nitrogens with zero attached hydrogens (tertiary/aromatic N) is 3. The van der Waals surface area contributed by atoms with Crippen LogP contribution >= 0.6 is 23.2 Å². The molecular weight excluding hydrogens is 493 g/mol. The van der Waals surface area contributed by atoms with E-state index < -0.39 is 0 Å². The van der Waals surface area contributed by atoms with Crippen molar-refractivity contribution in [2.24, 2.45) is 0 Å². The summed E-state index contributed by atoms with van der Waals surface area (Å²) in [5.41, 5.74) is 2.50. The fraction of sp³-hybridized carbons (Fsp3) is 0.310. The van der Waals surface area contributed by atoms with Crippen molar-refractivity contribution in [3.8, 4) is 40.0 Å². The van der Waals surface area contributed by atoms with Crippen LogP contribution in [-0.4, -0.2) is 28.5 Å². The quantitative estimate of drug-likeness (QED) is 0.174. The summed E-state index contributed by atoms with van der Waals surface area (Å²) in [5, 5.41) is 10.2. The Balaban J connectivity index is 1.59. The van der Waals surface area contributed by atoms with E-state index >= 15 is 0 Å². The zero-order valence-corrected chi connectivity index (χ0v) is 22.2. The van der Waals surface area contributed by atoms with Crippen LogP contribution in [-0.2, 0) is 0 Å². The molecule has 7 heteroatoms. The molecule has 0 spiro atoms. The second kappa shape index (κ2) is 12.8. The highest BCUT2D eigenvalue weighted by Crippen LogP contribution is 2.34. The van der Waals surface area contributed by atoms with E-state index in [9.17, 15) is 0 Å². The zero-order valence-electron chi connectivity index (χ0n) is 20.7. The SMILES string of the molecule is CCCCCCCCOc1ccc(-c2nnc(-c3cc(Cl)ccc3Cl)n2-c2ccc(OC)cc2)cc1. The molecule has 0 aliphatic heterocycles. The van der Waals surface area contributed by atoms with Crippen LogP contribution in [0.4, 0.5) is 0 Å². The first-order valence-corrected chi connectivity index (χ1v) is 13.1. The van der Waals surface area contributed by atoms with Crippen molar-refractivity contribution < 1.29 is 9.47 Å². The van der Waals surface area contributed by atoms with Gasteiger partial charge in [0.15, 0.2) is 11.6 Å². The summed E-state index contributed by atoms with van der Waals surface area (Å²) < 4.78 is 13.3. The Kier molecular flexibility index (Phi) is 9.26. The molecule has 1 aromatic heterocycles. The smallest absolute Gasteiger partial charge is 0.170 e. The third-order valence-electron chi connectivity index (χ3n) is 6.04. The third kappa shape index (κ3) is 6.40. The predicted molar refractivity (Wildman–Crippen MR) is 148 cm³/mol. The molecule has 0 radical (unpaired) electrons. The Morgan fingerprint density at radius 2 is 1.42 bits per heavy atom. The maximum atomic E-state index is 6.53. The lowest BCUT2D eigenvalue weighted by molar-refractivity contribution is 0.304. The predicted octanol–water partition coefficient (Wildman–Crippen LogP) is 8.66. The average molecular weight is 524 g/mol. The molecule has 4 aromatic rings. The summed E-state index contributed by atoms with van der Waals surface area (Å²) in [7, 11) is 1.65. The molecule has 36 heavy (non-hydrogen) atoms. The molecule has 0 aliphatic carbocycles. The minimum Gasteiger partial charge on any atom is -0.497 e. The Morgan fingerprint density at radius 3 is 2.14 bits per heavy atom. The Morgan fingerprint density at radius 1 is 0.750 bits per heavy atom. The lowest BCUT2D eigenvalue weighted by Crippen LogP contribution is -2.01. The largest absolute Gasteiger partial charge is 0.497 e. The topological polar surface area (TPSA) is 49.2 Å². The molecule has 0 saturated carbocycles. The third-order valence-corrected chi connectivity index (χ3v) is 6.61. The molecule has 1 heterocycles. The van der Waals surface area contributed by atoms with Crippen LogP contribution < -0.4 is 9.47 Å². The van der Waals surface area contributed by atoms with Gasteiger partial charge in [0, 0.05) is 21.8 Å². The van der Waals surface area contributed by atoms with E-state index in [0.29, 0.717) is 27.3 Å². The van der Waals surface area contributed by atoms with Gasteiger partial charge in [-0.2, -0.15) is 0 Å². The summed E-state index contributed by atoms with van der Waals surface area (Å²) >= 11 is 12.8. The van der Waals surface area contributed by atoms with E-state index in [0.717, 1.165) is 35.8 Å². The summed E-state index contributed by atoms with van der Waals surface area (Å²) in [4.78, 5) is 0. The van der Waals surface area contributed by atoms with Crippen molar-refractivity contribution in [3.63, 3.8) is 0 Å². The molecule has 0 atom stereocenters. The minimum atomic E-state index is 0.548. The molecule has 5 nitrogen and oxygen atoms in total. The van der Waals surface area contributed by atoms with Crippen molar-refractivity contribution in [3.05, 3.63) is 76.8 Å². The molecular formula is C29H31Cl2N3O2. The number of methoxy groups -OCH3 is 1. The first kappa shape index (κ1) is 26.1. The molecule has 4 rings (SSSR count). The van der Waals surface area contributed by atoms with Crippen LogP contribution in [0.1, 0.15) is 45.4 Å². The standard InChI is InChI=1S/C29H31Cl2N3O2/c1-3-4-5-6-7-8-19-36-25-14-9-21(10-15-25)28-32-33-29(26-20-22(30)11-18-27(26)31)34(28)23-12-16-24(35-2)17-13-23/h9-18,20H,3-8,19H2,1-2H3. The van der Waals surface area contributed by atoms with Crippen LogP contribution in [0, 0.1) is 0 Å². The first-order valence-electron chi connectivity index (χ1n) is 12.4. The Labute approximate surface area is 223 Å². The molecule has 0 bridgehead atoms. The zero-order chi connectivity index (χ0) is 25.3. The van der Waals surface area contributed by atoms with Gasteiger partial charge in [-0.25, -0.2) is 0 Å². The van der Waals surface area contributed by atoms with E-state index in [-0.39, 0.29) is 0 Å². The second-order valence-electron chi connectivity index (χ2n) is 8.65. The second-order valence-corrected chi connectivity index (χ2v) is 9.49. The van der Waals surface area contributed by atoms with Gasteiger partial charge in [0.2, 0.25) is 0 Å². The van der Waals surface area contributed by atoms with Crippen LogP contribution in [0.3, 0.4) is 0 Å². The van der Waals surface area contributed by atoms with Crippen molar-refractivity contribution in [2.75, 3.05) is 13.7 Å². The van der Waals surface area contributed by atoms with Crippen molar-refractivity contribution in [2.45, 2.75) is 45.4 Å². The van der Waals surface area contributed by atoms with Crippen LogP contribution in [0.5, 0.6) is 11.5 Å². The molecule has 0 saturated heterocycles. The summed E-state index contributed by atoms with van der Waals surface area (Å²) in [6.07, 6.45) is 7.44. The van der Waals surface area contributed by atoms with E-state index in [2.05, 4.69) is 17.1 Å². The Bertz CT molecular complexity index is 1250. The maximum absolute atomic E-state index is 6.53. The van der Waals surface area contributed by atoms with Gasteiger partial charge in [-0.05, 0) is 73.2 Å². The van der Waals surface area contributed by atoms with E-state index in [1.54, 1.807) is 25.3 Å². The maximum Gasteiger partial charge on any atom is 0.170 e. The van der Waals surface area contributed by atoms with Crippen molar-refractivity contribution in [1.29, 1.82) is 0 Å². The van der Waals surface area contributed by atoms with Gasteiger partial charge in [-0.15, -0.1) is 10.2 Å². The number of unbranched alkanes of at least 4 members (excludes halogenated alkanes) is 5. The van der Waals surface area contributed by atoms with E-state index in [1.807, 2.05) is 53.1 Å². The van der Waals surface area contributed by atoms with Crippen LogP contribution in [0.15, 0.2) is 66.7 Å². The van der Waals surface area contributed by atoms with Gasteiger partial charge in [-0.1, -0.05) is 62.2 Å². The van der Waals surface area contributed by atoms with E-state index in [4.69, 9.17) is 32.7 Å². The first-order chi connectivity index (χ1) is 17.6. The van der Waals surface area contributed by atoms with Crippen LogP contribution in [0.25, 0.3) is 28.5 Å². The van der Waals surface area contributed by atoms with Gasteiger partial charge in [-0.3, -0.25) is 4.57 Å². The normalized spacial score (nSPS) is 11.0. The highest BCUT2D eigenvalue weighted by Gasteiger charge is 2.19. The number of halogens is 2. The number of benzene rings is 3. The average Bonchev–Trinajstić information content (AvgIpc) is 3.35. The molecule has 0 N–H and O–H groups in total. The van der Waals surface area contributed by atoms with Gasteiger partial charge >= 0.3 is 0 Å². The van der Waals surface area contributed by atoms with Gasteiger partial charge in [0.1, 0.15) is 11.5 Å². The lowest BCUT2D eigenvalue weighted by atomic mass is 10.1. The molecule has 0 unspecified atom stereocenters. The summed E-state index contributed by atoms with van der Waals surface area (Å²) in [6, 6.07) is 21.0. The molecule has 188 valence electrons. The number of ether oxygens (including phenoxy) is 2. The molecule has 0 fully saturated rings. The highest BCUT2D eigenvalue weighted by atomic mass is 35.5. The summed E-state index contributed by atoms with van der Waals surface area (Å²) in [6.45, 7) is 2.96. The minimum absolute atomic E-state index is 0.548. The Hall–Kier alpha value is -3.02. The number of hydrogen-bond donors (Lipinski definition) is 0. The molecule has 3 aromatic carbocycles. The fourth-order valence-corrected chi connectivity index (χ4v) is 4.44. The number of rotatable bonds is 12. The van der Waals surface area contributed by atoms with Gasteiger partial charge < -0.3 is 9.47 Å². The van der Waals surface area contributed by atoms with Crippen LogP contribution in [0.2, 0.25) is 10.0 Å². The monoisotopic (exact) mass is 523 g/mol. The molecule has 0 amide bonds. The number of aromatic nitrogens is 3. The number of hydrogen-bond acceptors (Lipinski definition) is 4. The van der Waals surface area contributed by atoms with Crippen molar-refractivity contribution >= 4 is 23.2 Å². The van der Waals surface area contributed by atoms with Gasteiger partial charge in [0.05, 0.1) is 18.7 Å². The highest BCUT2D eigenvalue weighted by molar-refractivity contribution is 6.35. The fourth-order valence-electron chi connectivity index (χ4n) is 4.06. The lowest BCUT2D eigenvalue weighted by Gasteiger charge is -2.13. The van der Waals surface area contributed by atoms with Gasteiger partial charge in [0.25, 0.3) is 0 Å². The van der Waals surface area contributed by atoms with Crippen molar-refractivity contribution in [1.82, 2.24) is 14.8 Å². The summed E-state index contributed by atoms with van der Waals surface area (Å²) in [5.74, 6) is 2.91. The van der Waals surface area contributed by atoms with E-state index in [1.165, 1.54) is 32.1 Å².